The molecule has 6 nitrogen and oxygen atoms in total. The molecule has 0 aliphatic rings. The molecule has 7 heteroatoms. The van der Waals surface area contributed by atoms with Crippen molar-refractivity contribution in [2.45, 2.75) is 32.4 Å². The molecule has 0 fully saturated rings. The summed E-state index contributed by atoms with van der Waals surface area (Å²) in [7, 11) is 0. The largest absolute Gasteiger partial charge is 0.387 e. The lowest BCUT2D eigenvalue weighted by molar-refractivity contribution is -0.115. The summed E-state index contributed by atoms with van der Waals surface area (Å²) in [6.07, 6.45) is 2.17. The number of hydrogen-bond acceptors (Lipinski definition) is 4. The van der Waals surface area contributed by atoms with E-state index in [4.69, 9.17) is 0 Å². The van der Waals surface area contributed by atoms with E-state index in [9.17, 15) is 14.3 Å². The minimum Gasteiger partial charge on any atom is -0.387 e. The normalized spacial score (nSPS) is 11.9. The second-order valence-electron chi connectivity index (χ2n) is 8.83. The summed E-state index contributed by atoms with van der Waals surface area (Å²) >= 11 is 0. The fourth-order valence-electron chi connectivity index (χ4n) is 4.01. The predicted molar refractivity (Wildman–Crippen MR) is 139 cm³/mol. The van der Waals surface area contributed by atoms with E-state index in [1.807, 2.05) is 66.1 Å². The third kappa shape index (κ3) is 7.10. The van der Waals surface area contributed by atoms with Crippen LogP contribution in [0.25, 0.3) is 0 Å². The van der Waals surface area contributed by atoms with Crippen LogP contribution in [0.15, 0.2) is 85.1 Å². The Morgan fingerprint density at radius 1 is 1.00 bits per heavy atom. The molecule has 3 aromatic carbocycles. The molecule has 0 saturated heterocycles. The minimum atomic E-state index is -0.529. The zero-order valence-electron chi connectivity index (χ0n) is 20.3. The van der Waals surface area contributed by atoms with Crippen LogP contribution in [0.3, 0.4) is 0 Å². The van der Waals surface area contributed by atoms with Gasteiger partial charge in [0.2, 0.25) is 5.91 Å². The van der Waals surface area contributed by atoms with Crippen molar-refractivity contribution in [1.82, 2.24) is 14.9 Å². The molecule has 1 heterocycles. The Kier molecular flexibility index (Phi) is 8.60. The Morgan fingerprint density at radius 3 is 2.42 bits per heavy atom. The molecule has 1 atom stereocenters. The average molecular weight is 487 g/mol. The number of carbonyl (C=O) groups is 1. The monoisotopic (exact) mass is 486 g/mol. The van der Waals surface area contributed by atoms with Crippen LogP contribution in [0.5, 0.6) is 0 Å². The smallest absolute Gasteiger partial charge is 0.231 e. The van der Waals surface area contributed by atoms with E-state index >= 15 is 0 Å². The summed E-state index contributed by atoms with van der Waals surface area (Å²) in [4.78, 5) is 17.1. The third-order valence-electron chi connectivity index (χ3n) is 6.06. The predicted octanol–water partition coefficient (Wildman–Crippen LogP) is 4.43. The van der Waals surface area contributed by atoms with Crippen LogP contribution in [0.4, 0.5) is 10.1 Å². The van der Waals surface area contributed by atoms with Crippen LogP contribution in [0, 0.1) is 12.7 Å². The molecule has 1 aromatic heterocycles. The average Bonchev–Trinajstić information content (AvgIpc) is 3.23. The van der Waals surface area contributed by atoms with Gasteiger partial charge in [-0.2, -0.15) is 0 Å². The number of carbonyl (C=O) groups excluding carboxylic acids is 1. The summed E-state index contributed by atoms with van der Waals surface area (Å²) in [6.45, 7) is 3.70. The summed E-state index contributed by atoms with van der Waals surface area (Å²) in [6, 6.07) is 23.7. The van der Waals surface area contributed by atoms with E-state index in [-0.39, 0.29) is 18.1 Å². The molecular formula is C29H31FN4O2. The minimum absolute atomic E-state index is 0.143. The van der Waals surface area contributed by atoms with Gasteiger partial charge in [-0.05, 0) is 60.8 Å². The number of aliphatic hydroxyl groups is 1. The van der Waals surface area contributed by atoms with E-state index in [0.29, 0.717) is 18.9 Å². The molecular weight excluding hydrogens is 455 g/mol. The number of rotatable bonds is 11. The van der Waals surface area contributed by atoms with Gasteiger partial charge in [0, 0.05) is 30.7 Å². The molecule has 4 rings (SSSR count). The number of benzene rings is 3. The maximum Gasteiger partial charge on any atom is 0.231 e. The molecule has 186 valence electrons. The lowest BCUT2D eigenvalue weighted by atomic mass is 10.1. The summed E-state index contributed by atoms with van der Waals surface area (Å²) < 4.78 is 15.2. The van der Waals surface area contributed by atoms with Crippen molar-refractivity contribution in [3.63, 3.8) is 0 Å². The lowest BCUT2D eigenvalue weighted by Gasteiger charge is -2.12. The number of aromatic nitrogens is 2. The number of nitrogens with zero attached hydrogens (tertiary/aromatic N) is 2. The van der Waals surface area contributed by atoms with Crippen molar-refractivity contribution in [3.8, 4) is 0 Å². The van der Waals surface area contributed by atoms with Crippen molar-refractivity contribution in [2.75, 3.05) is 18.4 Å². The van der Waals surface area contributed by atoms with Crippen LogP contribution < -0.4 is 10.6 Å². The van der Waals surface area contributed by atoms with E-state index in [0.717, 1.165) is 41.0 Å². The number of aryl methyl sites for hydroxylation is 1. The van der Waals surface area contributed by atoms with E-state index in [2.05, 4.69) is 15.6 Å². The zero-order chi connectivity index (χ0) is 25.3. The Balaban J connectivity index is 1.24. The van der Waals surface area contributed by atoms with Gasteiger partial charge >= 0.3 is 0 Å². The first-order valence-electron chi connectivity index (χ1n) is 12.1. The van der Waals surface area contributed by atoms with Gasteiger partial charge in [-0.1, -0.05) is 54.6 Å². The van der Waals surface area contributed by atoms with Crippen molar-refractivity contribution in [2.24, 2.45) is 0 Å². The van der Waals surface area contributed by atoms with E-state index in [1.54, 1.807) is 18.3 Å². The molecule has 3 N–H and O–H groups in total. The van der Waals surface area contributed by atoms with Gasteiger partial charge in [0.15, 0.2) is 0 Å². The van der Waals surface area contributed by atoms with Crippen LogP contribution in [0.1, 0.15) is 34.3 Å². The first-order chi connectivity index (χ1) is 17.5. The highest BCUT2D eigenvalue weighted by molar-refractivity contribution is 5.91. The molecule has 0 aliphatic carbocycles. The molecule has 0 spiro atoms. The molecule has 0 aliphatic heterocycles. The van der Waals surface area contributed by atoms with Gasteiger partial charge in [-0.25, -0.2) is 9.37 Å². The number of halogens is 1. The third-order valence-corrected chi connectivity index (χ3v) is 6.06. The molecule has 4 aromatic rings. The summed E-state index contributed by atoms with van der Waals surface area (Å²) in [5.41, 5.74) is 4.65. The van der Waals surface area contributed by atoms with E-state index < -0.39 is 6.10 Å². The van der Waals surface area contributed by atoms with Gasteiger partial charge in [0.25, 0.3) is 0 Å². The SMILES string of the molecule is Cc1cnc(CC(=O)Nc2ccc(CCNC[C@H](O)c3ccccc3)cc2)n1Cc1ccc(F)cc1. The highest BCUT2D eigenvalue weighted by atomic mass is 19.1. The van der Waals surface area contributed by atoms with Gasteiger partial charge in [0.1, 0.15) is 11.6 Å². The van der Waals surface area contributed by atoms with Gasteiger partial charge in [-0.3, -0.25) is 4.79 Å². The Bertz CT molecular complexity index is 1250. The molecule has 0 radical (unpaired) electrons. The maximum absolute atomic E-state index is 13.2. The number of aliphatic hydroxyl groups excluding tert-OH is 1. The topological polar surface area (TPSA) is 79.2 Å². The molecule has 1 amide bonds. The van der Waals surface area contributed by atoms with Crippen LogP contribution in [0.2, 0.25) is 0 Å². The van der Waals surface area contributed by atoms with Crippen molar-refractivity contribution in [3.05, 3.63) is 119 Å². The first kappa shape index (κ1) is 25.3. The molecule has 0 saturated carbocycles. The quantitative estimate of drug-likeness (QED) is 0.274. The standard InChI is InChI=1S/C29H31FN4O2/c1-21-18-32-28(34(21)20-23-7-11-25(30)12-8-23)17-29(36)33-26-13-9-22(10-14-26)15-16-31-19-27(35)24-5-3-2-4-6-24/h2-14,18,27,31,35H,15-17,19-20H2,1H3,(H,33,36)/t27-/m0/s1. The number of nitrogens with one attached hydrogen (secondary N) is 2. The van der Waals surface area contributed by atoms with Crippen LogP contribution in [-0.2, 0) is 24.2 Å². The Hall–Kier alpha value is -3.81. The first-order valence-corrected chi connectivity index (χ1v) is 12.1. The maximum atomic E-state index is 13.2. The van der Waals surface area contributed by atoms with E-state index in [1.165, 1.54) is 12.1 Å². The number of amides is 1. The fraction of sp³-hybridized carbons (Fsp3) is 0.241. The second-order valence-corrected chi connectivity index (χ2v) is 8.83. The summed E-state index contributed by atoms with van der Waals surface area (Å²) in [5.74, 6) is 0.241. The summed E-state index contributed by atoms with van der Waals surface area (Å²) in [5, 5.41) is 16.4. The van der Waals surface area contributed by atoms with Gasteiger partial charge < -0.3 is 20.3 Å². The van der Waals surface area contributed by atoms with Gasteiger partial charge in [0.05, 0.1) is 12.5 Å². The fourth-order valence-corrected chi connectivity index (χ4v) is 4.01. The van der Waals surface area contributed by atoms with Crippen LogP contribution >= 0.6 is 0 Å². The zero-order valence-corrected chi connectivity index (χ0v) is 20.3. The Labute approximate surface area is 210 Å². The van der Waals surface area contributed by atoms with Crippen molar-refractivity contribution in [1.29, 1.82) is 0 Å². The Morgan fingerprint density at radius 2 is 1.69 bits per heavy atom. The second kappa shape index (κ2) is 12.2. The highest BCUT2D eigenvalue weighted by Crippen LogP contribution is 2.14. The van der Waals surface area contributed by atoms with Crippen LogP contribution in [-0.4, -0.2) is 33.7 Å². The van der Waals surface area contributed by atoms with Crippen molar-refractivity contribution >= 4 is 11.6 Å². The number of hydrogen-bond donors (Lipinski definition) is 3. The molecule has 0 unspecified atom stereocenters. The van der Waals surface area contributed by atoms with Gasteiger partial charge in [-0.15, -0.1) is 0 Å². The molecule has 0 bridgehead atoms. The number of anilines is 1. The van der Waals surface area contributed by atoms with Crippen molar-refractivity contribution < 1.29 is 14.3 Å². The lowest BCUT2D eigenvalue weighted by Crippen LogP contribution is -2.23. The number of imidazole rings is 1. The molecule has 36 heavy (non-hydrogen) atoms. The highest BCUT2D eigenvalue weighted by Gasteiger charge is 2.13.